The molecular weight excluding hydrogens is 214 g/mol. The topological polar surface area (TPSA) is 3.24 Å². The van der Waals surface area contributed by atoms with E-state index in [1.165, 1.54) is 21.2 Å². The quantitative estimate of drug-likeness (QED) is 0.746. The second-order valence-electron chi connectivity index (χ2n) is 3.74. The van der Waals surface area contributed by atoms with Crippen molar-refractivity contribution < 1.29 is 0 Å². The summed E-state index contributed by atoms with van der Waals surface area (Å²) in [6, 6.07) is 10.6. The van der Waals surface area contributed by atoms with Crippen LogP contribution in [0.5, 0.6) is 0 Å². The van der Waals surface area contributed by atoms with Gasteiger partial charge in [-0.25, -0.2) is 0 Å². The lowest BCUT2D eigenvalue weighted by atomic mass is 10.1. The minimum Gasteiger partial charge on any atom is -0.335 e. The van der Waals surface area contributed by atoms with E-state index in [4.69, 9.17) is 0 Å². The lowest BCUT2D eigenvalue weighted by Gasteiger charge is -2.21. The fourth-order valence-corrected chi connectivity index (χ4v) is 3.13. The molecule has 1 aliphatic rings. The molecule has 0 radical (unpaired) electrons. The summed E-state index contributed by atoms with van der Waals surface area (Å²) < 4.78 is 0. The van der Waals surface area contributed by atoms with Crippen molar-refractivity contribution in [2.45, 2.75) is 20.8 Å². The van der Waals surface area contributed by atoms with E-state index in [0.717, 1.165) is 6.54 Å². The number of hydrogen-bond donors (Lipinski definition) is 0. The predicted octanol–water partition coefficient (Wildman–Crippen LogP) is 4.31. The highest BCUT2D eigenvalue weighted by molar-refractivity contribution is 8.07. The molecule has 0 amide bonds. The Morgan fingerprint density at radius 1 is 1.25 bits per heavy atom. The van der Waals surface area contributed by atoms with E-state index in [0.29, 0.717) is 0 Å². The Morgan fingerprint density at radius 2 is 1.94 bits per heavy atom. The Balaban J connectivity index is 2.44. The monoisotopic (exact) mass is 231 g/mol. The van der Waals surface area contributed by atoms with Gasteiger partial charge in [0.15, 0.2) is 0 Å². The van der Waals surface area contributed by atoms with Crippen LogP contribution in [0.4, 0.5) is 0 Å². The van der Waals surface area contributed by atoms with Crippen molar-refractivity contribution in [1.29, 1.82) is 0 Å². The minimum absolute atomic E-state index is 1.02. The molecule has 0 N–H and O–H groups in total. The Kier molecular flexibility index (Phi) is 3.39. The summed E-state index contributed by atoms with van der Waals surface area (Å²) >= 11 is 1.87. The van der Waals surface area contributed by atoms with Crippen molar-refractivity contribution in [2.24, 2.45) is 0 Å². The smallest absolute Gasteiger partial charge is 0.0754 e. The van der Waals surface area contributed by atoms with Crippen molar-refractivity contribution >= 4 is 17.5 Å². The third-order valence-corrected chi connectivity index (χ3v) is 3.90. The number of allylic oxidation sites excluding steroid dienone is 2. The van der Waals surface area contributed by atoms with Crippen molar-refractivity contribution in [1.82, 2.24) is 4.90 Å². The van der Waals surface area contributed by atoms with Crippen molar-refractivity contribution in [3.05, 3.63) is 51.9 Å². The number of thioether (sulfide) groups is 1. The molecule has 1 nitrogen and oxygen atoms in total. The van der Waals surface area contributed by atoms with Crippen LogP contribution in [0, 0.1) is 0 Å². The summed E-state index contributed by atoms with van der Waals surface area (Å²) in [6.07, 6.45) is 2.19. The second-order valence-corrected chi connectivity index (χ2v) is 4.98. The van der Waals surface area contributed by atoms with Crippen LogP contribution in [0.3, 0.4) is 0 Å². The van der Waals surface area contributed by atoms with Gasteiger partial charge in [0, 0.05) is 11.4 Å². The highest BCUT2D eigenvalue weighted by Gasteiger charge is 2.24. The lowest BCUT2D eigenvalue weighted by molar-refractivity contribution is 0.554. The molecule has 0 atom stereocenters. The number of benzene rings is 1. The Bertz CT molecular complexity index is 431. The van der Waals surface area contributed by atoms with Crippen LogP contribution in [0.2, 0.25) is 0 Å². The minimum atomic E-state index is 1.02. The zero-order valence-corrected chi connectivity index (χ0v) is 10.8. The highest BCUT2D eigenvalue weighted by atomic mass is 32.2. The van der Waals surface area contributed by atoms with E-state index in [2.05, 4.69) is 62.1 Å². The molecule has 2 heteroatoms. The third-order valence-electron chi connectivity index (χ3n) is 2.74. The molecule has 0 aromatic heterocycles. The van der Waals surface area contributed by atoms with Gasteiger partial charge in [0.1, 0.15) is 0 Å². The number of hydrogen-bond acceptors (Lipinski definition) is 2. The molecule has 1 aliphatic heterocycles. The zero-order chi connectivity index (χ0) is 11.5. The maximum absolute atomic E-state index is 2.38. The second kappa shape index (κ2) is 4.79. The van der Waals surface area contributed by atoms with Gasteiger partial charge in [-0.3, -0.25) is 0 Å². The number of nitrogens with zero attached hydrogens (tertiary/aromatic N) is 1. The van der Waals surface area contributed by atoms with Crippen LogP contribution in [0.1, 0.15) is 26.3 Å². The average molecular weight is 231 g/mol. The summed E-state index contributed by atoms with van der Waals surface area (Å²) in [4.78, 5) is 3.77. The SMILES string of the molecule is C/C=C1\SC(C)=C(c2ccccc2)N1CC. The molecule has 0 unspecified atom stereocenters. The molecule has 2 rings (SSSR count). The molecule has 0 saturated carbocycles. The fourth-order valence-electron chi connectivity index (χ4n) is 2.04. The summed E-state index contributed by atoms with van der Waals surface area (Å²) in [5.74, 6) is 0. The maximum Gasteiger partial charge on any atom is 0.0754 e. The molecule has 1 aromatic rings. The van der Waals surface area contributed by atoms with Crippen LogP contribution < -0.4 is 0 Å². The van der Waals surface area contributed by atoms with Gasteiger partial charge in [-0.05, 0) is 26.3 Å². The number of rotatable bonds is 2. The van der Waals surface area contributed by atoms with Crippen LogP contribution in [0.15, 0.2) is 46.3 Å². The van der Waals surface area contributed by atoms with Gasteiger partial charge in [0.05, 0.1) is 10.7 Å². The zero-order valence-electron chi connectivity index (χ0n) is 10.0. The Hall–Kier alpha value is -1.15. The van der Waals surface area contributed by atoms with Gasteiger partial charge < -0.3 is 4.90 Å². The first-order valence-electron chi connectivity index (χ1n) is 5.66. The van der Waals surface area contributed by atoms with E-state index in [1.807, 2.05) is 11.8 Å². The first kappa shape index (κ1) is 11.3. The van der Waals surface area contributed by atoms with Gasteiger partial charge >= 0.3 is 0 Å². The van der Waals surface area contributed by atoms with E-state index < -0.39 is 0 Å². The van der Waals surface area contributed by atoms with E-state index in [-0.39, 0.29) is 0 Å². The molecule has 0 fully saturated rings. The average Bonchev–Trinajstić information content (AvgIpc) is 2.66. The standard InChI is InChI=1S/C14H17NS/c1-4-13-15(5-2)14(11(3)16-13)12-9-7-6-8-10-12/h4,6-10H,5H2,1-3H3/b13-4-. The normalized spacial score (nSPS) is 18.7. The molecule has 16 heavy (non-hydrogen) atoms. The molecule has 0 bridgehead atoms. The van der Waals surface area contributed by atoms with Crippen LogP contribution in [-0.2, 0) is 0 Å². The van der Waals surface area contributed by atoms with Crippen LogP contribution in [0.25, 0.3) is 5.70 Å². The summed E-state index contributed by atoms with van der Waals surface area (Å²) in [5, 5.41) is 1.35. The molecule has 0 spiro atoms. The van der Waals surface area contributed by atoms with Gasteiger partial charge in [0.25, 0.3) is 0 Å². The van der Waals surface area contributed by atoms with E-state index >= 15 is 0 Å². The van der Waals surface area contributed by atoms with Gasteiger partial charge in [0.2, 0.25) is 0 Å². The van der Waals surface area contributed by atoms with Crippen LogP contribution >= 0.6 is 11.8 Å². The largest absolute Gasteiger partial charge is 0.335 e. The molecular formula is C14H17NS. The summed E-state index contributed by atoms with van der Waals surface area (Å²) in [7, 11) is 0. The Morgan fingerprint density at radius 3 is 2.50 bits per heavy atom. The molecule has 1 heterocycles. The van der Waals surface area contributed by atoms with E-state index in [9.17, 15) is 0 Å². The van der Waals surface area contributed by atoms with Crippen LogP contribution in [-0.4, -0.2) is 11.4 Å². The third kappa shape index (κ3) is 1.90. The molecule has 0 aliphatic carbocycles. The van der Waals surface area contributed by atoms with Gasteiger partial charge in [-0.1, -0.05) is 48.2 Å². The predicted molar refractivity (Wildman–Crippen MR) is 72.8 cm³/mol. The summed E-state index contributed by atoms with van der Waals surface area (Å²) in [5.41, 5.74) is 2.67. The van der Waals surface area contributed by atoms with Crippen molar-refractivity contribution in [3.63, 3.8) is 0 Å². The lowest BCUT2D eigenvalue weighted by Crippen LogP contribution is -2.15. The fraction of sp³-hybridized carbons (Fsp3) is 0.286. The van der Waals surface area contributed by atoms with E-state index in [1.54, 1.807) is 0 Å². The Labute approximate surface area is 102 Å². The van der Waals surface area contributed by atoms with Gasteiger partial charge in [-0.2, -0.15) is 0 Å². The molecule has 84 valence electrons. The first-order chi connectivity index (χ1) is 7.77. The van der Waals surface area contributed by atoms with Gasteiger partial charge in [-0.15, -0.1) is 0 Å². The highest BCUT2D eigenvalue weighted by Crippen LogP contribution is 2.44. The molecule has 1 aromatic carbocycles. The summed E-state index contributed by atoms with van der Waals surface area (Å²) in [6.45, 7) is 7.53. The van der Waals surface area contributed by atoms with Crippen molar-refractivity contribution in [3.8, 4) is 0 Å². The maximum atomic E-state index is 2.38. The first-order valence-corrected chi connectivity index (χ1v) is 6.47. The molecule has 0 saturated heterocycles. The van der Waals surface area contributed by atoms with Crippen molar-refractivity contribution in [2.75, 3.05) is 6.54 Å².